The van der Waals surface area contributed by atoms with Gasteiger partial charge in [0, 0.05) is 6.54 Å². The molecule has 0 heterocycles. The van der Waals surface area contributed by atoms with Crippen molar-refractivity contribution in [2.45, 2.75) is 47.1 Å². The molecule has 0 aromatic heterocycles. The maximum atomic E-state index is 12.1. The Morgan fingerprint density at radius 1 is 1.00 bits per heavy atom. The van der Waals surface area contributed by atoms with Crippen molar-refractivity contribution in [3.63, 3.8) is 0 Å². The summed E-state index contributed by atoms with van der Waals surface area (Å²) >= 11 is 0. The van der Waals surface area contributed by atoms with E-state index in [1.165, 1.54) is 22.3 Å². The van der Waals surface area contributed by atoms with E-state index in [1.807, 2.05) is 26.0 Å². The molecular weight excluding hydrogens is 298 g/mol. The van der Waals surface area contributed by atoms with Gasteiger partial charge in [0.1, 0.15) is 5.75 Å². The van der Waals surface area contributed by atoms with Crippen LogP contribution in [0.3, 0.4) is 0 Å². The third kappa shape index (κ3) is 4.85. The van der Waals surface area contributed by atoms with E-state index in [0.29, 0.717) is 6.54 Å². The van der Waals surface area contributed by atoms with Gasteiger partial charge in [-0.15, -0.1) is 0 Å². The van der Waals surface area contributed by atoms with E-state index in [2.05, 4.69) is 43.4 Å². The second-order valence-electron chi connectivity index (χ2n) is 6.14. The molecule has 0 radical (unpaired) electrons. The van der Waals surface area contributed by atoms with E-state index < -0.39 is 0 Å². The van der Waals surface area contributed by atoms with Crippen molar-refractivity contribution < 1.29 is 9.53 Å². The number of hydrogen-bond donors (Lipinski definition) is 1. The summed E-state index contributed by atoms with van der Waals surface area (Å²) in [5, 5.41) is 2.96. The zero-order valence-electron chi connectivity index (χ0n) is 15.1. The molecule has 0 aliphatic heterocycles. The second-order valence-corrected chi connectivity index (χ2v) is 6.14. The molecule has 1 N–H and O–H groups in total. The van der Waals surface area contributed by atoms with Gasteiger partial charge in [-0.1, -0.05) is 49.7 Å². The minimum atomic E-state index is -0.0982. The number of hydrogen-bond acceptors (Lipinski definition) is 2. The van der Waals surface area contributed by atoms with Gasteiger partial charge < -0.3 is 10.1 Å². The van der Waals surface area contributed by atoms with Gasteiger partial charge in [-0.3, -0.25) is 4.79 Å². The Kier molecular flexibility index (Phi) is 6.42. The third-order valence-corrected chi connectivity index (χ3v) is 4.23. The summed E-state index contributed by atoms with van der Waals surface area (Å²) in [5.74, 6) is 0.664. The first-order chi connectivity index (χ1) is 11.5. The number of rotatable bonds is 7. The van der Waals surface area contributed by atoms with Gasteiger partial charge in [0.15, 0.2) is 6.61 Å². The fourth-order valence-corrected chi connectivity index (χ4v) is 2.76. The Hall–Kier alpha value is -2.29. The predicted molar refractivity (Wildman–Crippen MR) is 98.5 cm³/mol. The van der Waals surface area contributed by atoms with E-state index in [9.17, 15) is 4.79 Å². The van der Waals surface area contributed by atoms with Crippen molar-refractivity contribution in [1.29, 1.82) is 0 Å². The van der Waals surface area contributed by atoms with Gasteiger partial charge in [0.2, 0.25) is 0 Å². The number of nitrogens with one attached hydrogen (secondary N) is 1. The Morgan fingerprint density at radius 3 is 2.46 bits per heavy atom. The second kappa shape index (κ2) is 8.53. The predicted octanol–water partition coefficient (Wildman–Crippen LogP) is 4.12. The quantitative estimate of drug-likeness (QED) is 0.831. The number of benzene rings is 2. The monoisotopic (exact) mass is 325 g/mol. The van der Waals surface area contributed by atoms with Crippen LogP contribution in [0.2, 0.25) is 0 Å². The van der Waals surface area contributed by atoms with Gasteiger partial charge in [-0.2, -0.15) is 0 Å². The zero-order valence-corrected chi connectivity index (χ0v) is 15.1. The molecule has 3 heteroatoms. The van der Waals surface area contributed by atoms with Crippen molar-refractivity contribution in [3.8, 4) is 5.75 Å². The summed E-state index contributed by atoms with van der Waals surface area (Å²) < 4.78 is 5.63. The van der Waals surface area contributed by atoms with Gasteiger partial charge in [0.05, 0.1) is 0 Å². The minimum absolute atomic E-state index is 0.0405. The fourth-order valence-electron chi connectivity index (χ4n) is 2.76. The smallest absolute Gasteiger partial charge is 0.258 e. The van der Waals surface area contributed by atoms with Crippen LogP contribution in [0, 0.1) is 13.8 Å². The topological polar surface area (TPSA) is 38.3 Å². The molecule has 0 unspecified atom stereocenters. The first-order valence-electron chi connectivity index (χ1n) is 8.60. The molecule has 0 fully saturated rings. The van der Waals surface area contributed by atoms with Crippen LogP contribution in [0.25, 0.3) is 0 Å². The normalized spacial score (nSPS) is 10.5. The lowest BCUT2D eigenvalue weighted by Gasteiger charge is -2.13. The Bertz CT molecular complexity index is 707. The highest BCUT2D eigenvalue weighted by Gasteiger charge is 2.07. The Labute approximate surface area is 145 Å². The van der Waals surface area contributed by atoms with Crippen molar-refractivity contribution in [3.05, 3.63) is 64.2 Å². The highest BCUT2D eigenvalue weighted by Crippen LogP contribution is 2.18. The summed E-state index contributed by atoms with van der Waals surface area (Å²) in [4.78, 5) is 12.1. The van der Waals surface area contributed by atoms with E-state index in [0.717, 1.165) is 24.2 Å². The summed E-state index contributed by atoms with van der Waals surface area (Å²) in [6, 6.07) is 12.5. The number of ether oxygens (including phenoxy) is 1. The molecule has 0 spiro atoms. The molecule has 0 aliphatic carbocycles. The average Bonchev–Trinajstić information content (AvgIpc) is 2.58. The number of carbonyl (C=O) groups excluding carboxylic acids is 1. The van der Waals surface area contributed by atoms with Crippen molar-refractivity contribution in [2.75, 3.05) is 6.61 Å². The minimum Gasteiger partial charge on any atom is -0.484 e. The van der Waals surface area contributed by atoms with Gasteiger partial charge >= 0.3 is 0 Å². The zero-order chi connectivity index (χ0) is 17.5. The maximum Gasteiger partial charge on any atom is 0.258 e. The molecule has 128 valence electrons. The maximum absolute atomic E-state index is 12.1. The summed E-state index contributed by atoms with van der Waals surface area (Å²) in [6.07, 6.45) is 1.97. The molecule has 0 aliphatic rings. The van der Waals surface area contributed by atoms with Crippen LogP contribution in [0.15, 0.2) is 36.4 Å². The first kappa shape index (κ1) is 18.1. The molecular formula is C21H27NO2. The summed E-state index contributed by atoms with van der Waals surface area (Å²) in [5.41, 5.74) is 6.00. The lowest BCUT2D eigenvalue weighted by Crippen LogP contribution is -2.29. The highest BCUT2D eigenvalue weighted by atomic mass is 16.5. The Balaban J connectivity index is 1.91. The van der Waals surface area contributed by atoms with Crippen LogP contribution in [0.5, 0.6) is 5.75 Å². The lowest BCUT2D eigenvalue weighted by molar-refractivity contribution is -0.123. The summed E-state index contributed by atoms with van der Waals surface area (Å²) in [7, 11) is 0. The van der Waals surface area contributed by atoms with Crippen LogP contribution >= 0.6 is 0 Å². The molecule has 2 rings (SSSR count). The number of carbonyl (C=O) groups is 1. The molecule has 3 nitrogen and oxygen atoms in total. The highest BCUT2D eigenvalue weighted by molar-refractivity contribution is 5.77. The molecule has 0 saturated heterocycles. The van der Waals surface area contributed by atoms with Crippen LogP contribution in [0.4, 0.5) is 0 Å². The largest absolute Gasteiger partial charge is 0.484 e. The van der Waals surface area contributed by atoms with E-state index in [4.69, 9.17) is 4.74 Å². The molecule has 0 atom stereocenters. The molecule has 0 saturated carbocycles. The van der Waals surface area contributed by atoms with Gasteiger partial charge in [-0.05, 0) is 55.0 Å². The van der Waals surface area contributed by atoms with Crippen LogP contribution < -0.4 is 10.1 Å². The third-order valence-electron chi connectivity index (χ3n) is 4.23. The fraction of sp³-hybridized carbons (Fsp3) is 0.381. The average molecular weight is 325 g/mol. The Morgan fingerprint density at radius 2 is 1.79 bits per heavy atom. The van der Waals surface area contributed by atoms with Crippen molar-refractivity contribution >= 4 is 5.91 Å². The molecule has 2 aromatic rings. The van der Waals surface area contributed by atoms with Gasteiger partial charge in [0.25, 0.3) is 5.91 Å². The molecule has 24 heavy (non-hydrogen) atoms. The summed E-state index contributed by atoms with van der Waals surface area (Å²) in [6.45, 7) is 8.89. The van der Waals surface area contributed by atoms with Crippen molar-refractivity contribution in [1.82, 2.24) is 5.32 Å². The van der Waals surface area contributed by atoms with Crippen LogP contribution in [-0.2, 0) is 24.2 Å². The first-order valence-corrected chi connectivity index (χ1v) is 8.60. The van der Waals surface area contributed by atoms with Crippen LogP contribution in [-0.4, -0.2) is 12.5 Å². The number of amides is 1. The van der Waals surface area contributed by atoms with Crippen molar-refractivity contribution in [2.24, 2.45) is 0 Å². The van der Waals surface area contributed by atoms with Gasteiger partial charge in [-0.25, -0.2) is 0 Å². The molecule has 0 bridgehead atoms. The van der Waals surface area contributed by atoms with E-state index in [1.54, 1.807) is 0 Å². The molecule has 2 aromatic carbocycles. The van der Waals surface area contributed by atoms with Crippen LogP contribution in [0.1, 0.15) is 41.7 Å². The van der Waals surface area contributed by atoms with E-state index in [-0.39, 0.29) is 12.5 Å². The SMILES string of the molecule is CCc1ccc(CC)c(CNC(=O)COc2ccc(C)cc2C)c1. The number of aryl methyl sites for hydroxylation is 4. The standard InChI is InChI=1S/C21H27NO2/c1-5-17-8-9-18(6-2)19(12-17)13-22-21(23)14-24-20-10-7-15(3)11-16(20)4/h7-12H,5-6,13-14H2,1-4H3,(H,22,23). The lowest BCUT2D eigenvalue weighted by atomic mass is 10.0. The van der Waals surface area contributed by atoms with E-state index >= 15 is 0 Å². The molecule has 1 amide bonds.